The second kappa shape index (κ2) is 4.87. The maximum absolute atomic E-state index is 11.0. The number of hydrogen-bond donors (Lipinski definition) is 1. The van der Waals surface area contributed by atoms with E-state index in [1.165, 1.54) is 0 Å². The monoisotopic (exact) mass is 237 g/mol. The third-order valence-electron chi connectivity index (χ3n) is 3.46. The predicted octanol–water partition coefficient (Wildman–Crippen LogP) is 1.63. The Kier molecular flexibility index (Phi) is 3.47. The second-order valence-corrected chi connectivity index (χ2v) is 4.83. The topological polar surface area (TPSA) is 58.4 Å². The number of carboxylic acid groups (broad SMARTS) is 1. The Labute approximate surface area is 101 Å². The SMILES string of the molecule is CC(C)N1CCC(n2nccc2C(=O)O)CC1. The van der Waals surface area contributed by atoms with Crippen LogP contribution < -0.4 is 0 Å². The summed E-state index contributed by atoms with van der Waals surface area (Å²) in [5.41, 5.74) is 0.299. The molecule has 0 bridgehead atoms. The summed E-state index contributed by atoms with van der Waals surface area (Å²) in [5, 5.41) is 13.2. The van der Waals surface area contributed by atoms with Gasteiger partial charge in [0.2, 0.25) is 0 Å². The van der Waals surface area contributed by atoms with Crippen molar-refractivity contribution in [1.29, 1.82) is 0 Å². The van der Waals surface area contributed by atoms with Gasteiger partial charge in [-0.05, 0) is 32.8 Å². The standard InChI is InChI=1S/C12H19N3O2/c1-9(2)14-7-4-10(5-8-14)15-11(12(16)17)3-6-13-15/h3,6,9-10H,4-5,7-8H2,1-2H3,(H,16,17). The van der Waals surface area contributed by atoms with Crippen LogP contribution in [0.1, 0.15) is 43.2 Å². The smallest absolute Gasteiger partial charge is 0.354 e. The van der Waals surface area contributed by atoms with Gasteiger partial charge in [-0.2, -0.15) is 5.10 Å². The van der Waals surface area contributed by atoms with Gasteiger partial charge in [0.15, 0.2) is 0 Å². The molecule has 1 fully saturated rings. The quantitative estimate of drug-likeness (QED) is 0.868. The molecular formula is C12H19N3O2. The molecule has 2 rings (SSSR count). The van der Waals surface area contributed by atoms with Crippen LogP contribution in [0.2, 0.25) is 0 Å². The molecule has 17 heavy (non-hydrogen) atoms. The highest BCUT2D eigenvalue weighted by Crippen LogP contribution is 2.24. The van der Waals surface area contributed by atoms with Gasteiger partial charge in [0.05, 0.1) is 6.04 Å². The summed E-state index contributed by atoms with van der Waals surface area (Å²) in [6, 6.07) is 2.36. The van der Waals surface area contributed by atoms with Crippen molar-refractivity contribution in [2.45, 2.75) is 38.8 Å². The van der Waals surface area contributed by atoms with Crippen LogP contribution in [0.5, 0.6) is 0 Å². The highest BCUT2D eigenvalue weighted by molar-refractivity contribution is 5.85. The Morgan fingerprint density at radius 3 is 2.65 bits per heavy atom. The van der Waals surface area contributed by atoms with Crippen molar-refractivity contribution in [3.05, 3.63) is 18.0 Å². The molecule has 0 spiro atoms. The van der Waals surface area contributed by atoms with Crippen LogP contribution in [-0.4, -0.2) is 44.9 Å². The predicted molar refractivity (Wildman–Crippen MR) is 64.2 cm³/mol. The lowest BCUT2D eigenvalue weighted by Crippen LogP contribution is -2.39. The summed E-state index contributed by atoms with van der Waals surface area (Å²) in [6.45, 7) is 6.41. The van der Waals surface area contributed by atoms with Crippen LogP contribution in [0.15, 0.2) is 12.3 Å². The normalized spacial score (nSPS) is 18.8. The van der Waals surface area contributed by atoms with Crippen LogP contribution in [0, 0.1) is 0 Å². The third-order valence-corrected chi connectivity index (χ3v) is 3.46. The van der Waals surface area contributed by atoms with E-state index in [1.807, 2.05) is 0 Å². The lowest BCUT2D eigenvalue weighted by molar-refractivity contribution is 0.0672. The van der Waals surface area contributed by atoms with Gasteiger partial charge in [0.1, 0.15) is 5.69 Å². The van der Waals surface area contributed by atoms with Gasteiger partial charge < -0.3 is 10.0 Å². The number of likely N-dealkylation sites (tertiary alicyclic amines) is 1. The summed E-state index contributed by atoms with van der Waals surface area (Å²) >= 11 is 0. The molecule has 5 heteroatoms. The van der Waals surface area contributed by atoms with Crippen molar-refractivity contribution in [2.24, 2.45) is 0 Å². The minimum absolute atomic E-state index is 0.228. The van der Waals surface area contributed by atoms with E-state index in [0.717, 1.165) is 25.9 Å². The molecule has 1 N–H and O–H groups in total. The molecule has 0 radical (unpaired) electrons. The van der Waals surface area contributed by atoms with E-state index in [9.17, 15) is 4.79 Å². The molecule has 0 saturated carbocycles. The second-order valence-electron chi connectivity index (χ2n) is 4.83. The van der Waals surface area contributed by atoms with Crippen molar-refractivity contribution in [3.8, 4) is 0 Å². The summed E-state index contributed by atoms with van der Waals surface area (Å²) in [6.07, 6.45) is 3.51. The Morgan fingerprint density at radius 1 is 1.47 bits per heavy atom. The fourth-order valence-electron chi connectivity index (χ4n) is 2.42. The highest BCUT2D eigenvalue weighted by atomic mass is 16.4. The van der Waals surface area contributed by atoms with Crippen molar-refractivity contribution >= 4 is 5.97 Å². The van der Waals surface area contributed by atoms with Gasteiger partial charge in [-0.15, -0.1) is 0 Å². The van der Waals surface area contributed by atoms with Gasteiger partial charge in [-0.25, -0.2) is 4.79 Å². The van der Waals surface area contributed by atoms with E-state index >= 15 is 0 Å². The van der Waals surface area contributed by atoms with E-state index < -0.39 is 5.97 Å². The molecule has 94 valence electrons. The number of carbonyl (C=O) groups is 1. The molecule has 1 aliphatic rings. The first kappa shape index (κ1) is 12.1. The first-order valence-electron chi connectivity index (χ1n) is 6.10. The third kappa shape index (κ3) is 2.49. The average Bonchev–Trinajstić information content (AvgIpc) is 2.78. The molecular weight excluding hydrogens is 218 g/mol. The zero-order chi connectivity index (χ0) is 12.4. The zero-order valence-electron chi connectivity index (χ0n) is 10.3. The molecule has 2 heterocycles. The van der Waals surface area contributed by atoms with Crippen LogP contribution in [0.4, 0.5) is 0 Å². The maximum Gasteiger partial charge on any atom is 0.354 e. The van der Waals surface area contributed by atoms with Crippen molar-refractivity contribution in [1.82, 2.24) is 14.7 Å². The number of carboxylic acids is 1. The lowest BCUT2D eigenvalue weighted by atomic mass is 10.0. The molecule has 1 aromatic rings. The summed E-state index contributed by atoms with van der Waals surface area (Å²) in [5.74, 6) is -0.895. The fraction of sp³-hybridized carbons (Fsp3) is 0.667. The fourth-order valence-corrected chi connectivity index (χ4v) is 2.42. The molecule has 0 unspecified atom stereocenters. The van der Waals surface area contributed by atoms with Crippen LogP contribution in [0.3, 0.4) is 0 Å². The molecule has 5 nitrogen and oxygen atoms in total. The Balaban J connectivity index is 2.05. The summed E-state index contributed by atoms with van der Waals surface area (Å²) < 4.78 is 1.67. The zero-order valence-corrected chi connectivity index (χ0v) is 10.3. The van der Waals surface area contributed by atoms with Gasteiger partial charge in [-0.3, -0.25) is 4.68 Å². The molecule has 0 aliphatic carbocycles. The average molecular weight is 237 g/mol. The van der Waals surface area contributed by atoms with Crippen LogP contribution >= 0.6 is 0 Å². The van der Waals surface area contributed by atoms with Crippen molar-refractivity contribution < 1.29 is 9.90 Å². The van der Waals surface area contributed by atoms with Gasteiger partial charge >= 0.3 is 5.97 Å². The van der Waals surface area contributed by atoms with E-state index in [2.05, 4.69) is 23.8 Å². The minimum Gasteiger partial charge on any atom is -0.477 e. The van der Waals surface area contributed by atoms with Gasteiger partial charge in [0, 0.05) is 25.3 Å². The molecule has 0 amide bonds. The van der Waals surface area contributed by atoms with E-state index in [4.69, 9.17) is 5.11 Å². The Hall–Kier alpha value is -1.36. The number of hydrogen-bond acceptors (Lipinski definition) is 3. The maximum atomic E-state index is 11.0. The number of aromatic nitrogens is 2. The lowest BCUT2D eigenvalue weighted by Gasteiger charge is -2.34. The van der Waals surface area contributed by atoms with E-state index in [1.54, 1.807) is 16.9 Å². The van der Waals surface area contributed by atoms with Crippen LogP contribution in [-0.2, 0) is 0 Å². The molecule has 0 atom stereocenters. The molecule has 1 saturated heterocycles. The minimum atomic E-state index is -0.895. The largest absolute Gasteiger partial charge is 0.477 e. The summed E-state index contributed by atoms with van der Waals surface area (Å²) in [4.78, 5) is 13.4. The van der Waals surface area contributed by atoms with Crippen molar-refractivity contribution in [2.75, 3.05) is 13.1 Å². The first-order valence-corrected chi connectivity index (χ1v) is 6.10. The molecule has 0 aromatic carbocycles. The molecule has 1 aromatic heterocycles. The highest BCUT2D eigenvalue weighted by Gasteiger charge is 2.25. The Bertz CT molecular complexity index is 392. The number of aromatic carboxylic acids is 1. The number of rotatable bonds is 3. The number of piperidine rings is 1. The summed E-state index contributed by atoms with van der Waals surface area (Å²) in [7, 11) is 0. The van der Waals surface area contributed by atoms with Gasteiger partial charge in [0.25, 0.3) is 0 Å². The van der Waals surface area contributed by atoms with Gasteiger partial charge in [-0.1, -0.05) is 0 Å². The van der Waals surface area contributed by atoms with E-state index in [0.29, 0.717) is 11.7 Å². The first-order chi connectivity index (χ1) is 8.09. The Morgan fingerprint density at radius 2 is 2.12 bits per heavy atom. The van der Waals surface area contributed by atoms with E-state index in [-0.39, 0.29) is 6.04 Å². The van der Waals surface area contributed by atoms with Crippen molar-refractivity contribution in [3.63, 3.8) is 0 Å². The van der Waals surface area contributed by atoms with Crippen LogP contribution in [0.25, 0.3) is 0 Å². The number of nitrogens with zero attached hydrogens (tertiary/aromatic N) is 3. The molecule has 1 aliphatic heterocycles.